The summed E-state index contributed by atoms with van der Waals surface area (Å²) in [5.41, 5.74) is 3.53. The molecule has 6 nitrogen and oxygen atoms in total. The minimum atomic E-state index is -0.885. The summed E-state index contributed by atoms with van der Waals surface area (Å²) in [6, 6.07) is 8.15. The number of hydrogen-bond acceptors (Lipinski definition) is 4. The molecule has 1 saturated heterocycles. The second-order valence-electron chi connectivity index (χ2n) is 8.20. The molecule has 27 heavy (non-hydrogen) atoms. The number of aryl methyl sites for hydroxylation is 1. The first-order chi connectivity index (χ1) is 12.8. The zero-order valence-corrected chi connectivity index (χ0v) is 16.4. The molecule has 0 aliphatic carbocycles. The third-order valence-corrected chi connectivity index (χ3v) is 6.16. The Morgan fingerprint density at radius 1 is 1.37 bits per heavy atom. The Kier molecular flexibility index (Phi) is 4.26. The molecule has 0 saturated carbocycles. The number of carboxylic acid groups (broad SMARTS) is 1. The zero-order valence-electron chi connectivity index (χ0n) is 16.4. The van der Waals surface area contributed by atoms with E-state index in [2.05, 4.69) is 35.5 Å². The van der Waals surface area contributed by atoms with Gasteiger partial charge in [-0.15, -0.1) is 0 Å². The topological polar surface area (TPSA) is 67.6 Å². The molecular formula is C21H27N3O3. The van der Waals surface area contributed by atoms with Crippen LogP contribution in [-0.4, -0.2) is 45.5 Å². The average Bonchev–Trinajstić information content (AvgIpc) is 3.15. The molecule has 1 aromatic carbocycles. The molecule has 0 bridgehead atoms. The summed E-state index contributed by atoms with van der Waals surface area (Å²) in [5, 5.41) is 14.8. The van der Waals surface area contributed by atoms with Crippen LogP contribution in [0.1, 0.15) is 48.3 Å². The van der Waals surface area contributed by atoms with Crippen molar-refractivity contribution in [2.24, 2.45) is 5.41 Å². The number of para-hydroxylation sites is 1. The number of hydrogen-bond donors (Lipinski definition) is 1. The molecule has 4 rings (SSSR count). The van der Waals surface area contributed by atoms with Crippen LogP contribution in [0.25, 0.3) is 0 Å². The van der Waals surface area contributed by atoms with Gasteiger partial charge < -0.3 is 9.84 Å². The second kappa shape index (κ2) is 6.37. The molecule has 144 valence electrons. The van der Waals surface area contributed by atoms with Crippen LogP contribution in [0.15, 0.2) is 24.3 Å². The highest BCUT2D eigenvalue weighted by molar-refractivity contribution is 5.78. The molecule has 0 amide bonds. The maximum atomic E-state index is 12.3. The lowest BCUT2D eigenvalue weighted by molar-refractivity contribution is -0.151. The summed E-state index contributed by atoms with van der Waals surface area (Å²) in [5.74, 6) is -0.00209. The molecular weight excluding hydrogens is 342 g/mol. The summed E-state index contributed by atoms with van der Waals surface area (Å²) >= 11 is 0. The number of aliphatic carboxylic acids is 1. The highest BCUT2D eigenvalue weighted by Gasteiger charge is 2.56. The van der Waals surface area contributed by atoms with E-state index in [1.54, 1.807) is 0 Å². The fourth-order valence-corrected chi connectivity index (χ4v) is 4.71. The van der Waals surface area contributed by atoms with Gasteiger partial charge in [-0.05, 0) is 39.3 Å². The van der Waals surface area contributed by atoms with Gasteiger partial charge in [0.2, 0.25) is 0 Å². The summed E-state index contributed by atoms with van der Waals surface area (Å²) in [7, 11) is 0. The fourth-order valence-electron chi connectivity index (χ4n) is 4.71. The van der Waals surface area contributed by atoms with Gasteiger partial charge in [0, 0.05) is 42.9 Å². The number of fused-ring (bicyclic) bond motifs is 3. The Hall–Kier alpha value is -2.34. The minimum Gasteiger partial charge on any atom is -0.492 e. The smallest absolute Gasteiger partial charge is 0.315 e. The lowest BCUT2D eigenvalue weighted by Crippen LogP contribution is -2.45. The average molecular weight is 369 g/mol. The molecule has 2 aliphatic rings. The Morgan fingerprint density at radius 2 is 2.11 bits per heavy atom. The van der Waals surface area contributed by atoms with E-state index in [-0.39, 0.29) is 12.5 Å². The first kappa shape index (κ1) is 18.0. The van der Waals surface area contributed by atoms with Crippen molar-refractivity contribution in [1.82, 2.24) is 14.7 Å². The predicted molar refractivity (Wildman–Crippen MR) is 102 cm³/mol. The van der Waals surface area contributed by atoms with Gasteiger partial charge in [0.15, 0.2) is 0 Å². The van der Waals surface area contributed by atoms with Crippen molar-refractivity contribution in [3.63, 3.8) is 0 Å². The summed E-state index contributed by atoms with van der Waals surface area (Å²) < 4.78 is 7.91. The van der Waals surface area contributed by atoms with Gasteiger partial charge in [0.1, 0.15) is 17.8 Å². The number of aromatic nitrogens is 2. The SMILES string of the molecule is Cc1nn(C(C)C)c(C)c1CN1C[C@H]2c3ccccc3OC[C@@]2(C(=O)O)C1. The van der Waals surface area contributed by atoms with Gasteiger partial charge in [-0.3, -0.25) is 14.4 Å². The number of carbonyl (C=O) groups is 1. The molecule has 1 aromatic heterocycles. The van der Waals surface area contributed by atoms with Crippen molar-refractivity contribution < 1.29 is 14.6 Å². The number of rotatable bonds is 4. The normalized spacial score (nSPS) is 24.6. The van der Waals surface area contributed by atoms with Crippen LogP contribution >= 0.6 is 0 Å². The third-order valence-electron chi connectivity index (χ3n) is 6.16. The largest absolute Gasteiger partial charge is 0.492 e. The van der Waals surface area contributed by atoms with E-state index < -0.39 is 11.4 Å². The van der Waals surface area contributed by atoms with E-state index in [0.29, 0.717) is 12.6 Å². The Morgan fingerprint density at radius 3 is 2.78 bits per heavy atom. The van der Waals surface area contributed by atoms with Crippen LogP contribution in [0, 0.1) is 19.3 Å². The van der Waals surface area contributed by atoms with Crippen LogP contribution in [0.4, 0.5) is 0 Å². The van der Waals surface area contributed by atoms with Gasteiger partial charge in [0.25, 0.3) is 0 Å². The van der Waals surface area contributed by atoms with Gasteiger partial charge in [0.05, 0.1) is 5.69 Å². The van der Waals surface area contributed by atoms with Crippen molar-refractivity contribution in [3.05, 3.63) is 46.8 Å². The predicted octanol–water partition coefficient (Wildman–Crippen LogP) is 3.14. The number of carboxylic acids is 1. The van der Waals surface area contributed by atoms with Crippen molar-refractivity contribution in [3.8, 4) is 5.75 Å². The summed E-state index contributed by atoms with van der Waals surface area (Å²) in [6.07, 6.45) is 0. The van der Waals surface area contributed by atoms with E-state index in [1.165, 1.54) is 11.3 Å². The van der Waals surface area contributed by atoms with Crippen LogP contribution in [0.2, 0.25) is 0 Å². The molecule has 2 atom stereocenters. The molecule has 3 heterocycles. The quantitative estimate of drug-likeness (QED) is 0.897. The standard InChI is InChI=1S/C21H27N3O3/c1-13(2)24-15(4)17(14(3)22-24)9-23-10-18-16-7-5-6-8-19(16)27-12-21(18,11-23)20(25)26/h5-8,13,18H,9-12H2,1-4H3,(H,25,26)/t18-,21-/m0/s1. The first-order valence-electron chi connectivity index (χ1n) is 9.55. The van der Waals surface area contributed by atoms with Gasteiger partial charge in [-0.2, -0.15) is 5.10 Å². The highest BCUT2D eigenvalue weighted by atomic mass is 16.5. The molecule has 6 heteroatoms. The van der Waals surface area contributed by atoms with E-state index in [4.69, 9.17) is 4.74 Å². The number of benzene rings is 1. The van der Waals surface area contributed by atoms with Crippen LogP contribution in [0.5, 0.6) is 5.75 Å². The Balaban J connectivity index is 1.66. The molecule has 1 N–H and O–H groups in total. The van der Waals surface area contributed by atoms with E-state index >= 15 is 0 Å². The zero-order chi connectivity index (χ0) is 19.3. The van der Waals surface area contributed by atoms with E-state index in [0.717, 1.165) is 30.1 Å². The molecule has 2 aromatic rings. The van der Waals surface area contributed by atoms with Crippen LogP contribution in [-0.2, 0) is 11.3 Å². The monoisotopic (exact) mass is 369 g/mol. The van der Waals surface area contributed by atoms with Crippen molar-refractivity contribution in [2.45, 2.75) is 46.2 Å². The van der Waals surface area contributed by atoms with Gasteiger partial charge in [-0.1, -0.05) is 18.2 Å². The molecule has 1 fully saturated rings. The highest BCUT2D eigenvalue weighted by Crippen LogP contribution is 2.50. The van der Waals surface area contributed by atoms with Crippen LogP contribution in [0.3, 0.4) is 0 Å². The molecule has 0 spiro atoms. The number of ether oxygens (including phenoxy) is 1. The van der Waals surface area contributed by atoms with Crippen LogP contribution < -0.4 is 4.74 Å². The van der Waals surface area contributed by atoms with Crippen molar-refractivity contribution >= 4 is 5.97 Å². The number of likely N-dealkylation sites (tertiary alicyclic amines) is 1. The summed E-state index contributed by atoms with van der Waals surface area (Å²) in [6.45, 7) is 10.6. The van der Waals surface area contributed by atoms with E-state index in [1.807, 2.05) is 31.2 Å². The second-order valence-corrected chi connectivity index (χ2v) is 8.20. The minimum absolute atomic E-state index is 0.0549. The Labute approximate surface area is 159 Å². The number of nitrogens with zero attached hydrogens (tertiary/aromatic N) is 3. The van der Waals surface area contributed by atoms with E-state index in [9.17, 15) is 9.90 Å². The first-order valence-corrected chi connectivity index (χ1v) is 9.55. The lowest BCUT2D eigenvalue weighted by Gasteiger charge is -2.35. The van der Waals surface area contributed by atoms with Crippen molar-refractivity contribution in [2.75, 3.05) is 19.7 Å². The Bertz CT molecular complexity index is 889. The fraction of sp³-hybridized carbons (Fsp3) is 0.524. The summed E-state index contributed by atoms with van der Waals surface area (Å²) in [4.78, 5) is 14.5. The molecule has 2 aliphatic heterocycles. The maximum absolute atomic E-state index is 12.3. The van der Waals surface area contributed by atoms with Gasteiger partial charge in [-0.25, -0.2) is 0 Å². The van der Waals surface area contributed by atoms with Gasteiger partial charge >= 0.3 is 5.97 Å². The molecule has 0 unspecified atom stereocenters. The van der Waals surface area contributed by atoms with Crippen molar-refractivity contribution in [1.29, 1.82) is 0 Å². The maximum Gasteiger partial charge on any atom is 0.315 e. The lowest BCUT2D eigenvalue weighted by atomic mass is 9.73. The third kappa shape index (κ3) is 2.74. The molecule has 0 radical (unpaired) electrons.